The number of nitro groups is 1. The number of hydrogen-bond acceptors (Lipinski definition) is 4. The molecule has 0 saturated carbocycles. The summed E-state index contributed by atoms with van der Waals surface area (Å²) in [7, 11) is 0. The maximum atomic E-state index is 11.4. The monoisotopic (exact) mass is 287 g/mol. The maximum Gasteiger partial charge on any atom is 0.297 e. The summed E-state index contributed by atoms with van der Waals surface area (Å²) >= 11 is 2.94. The molecule has 94 valence electrons. The first-order chi connectivity index (χ1) is 9.25. The van der Waals surface area contributed by atoms with Gasteiger partial charge in [-0.25, -0.2) is 0 Å². The van der Waals surface area contributed by atoms with Crippen LogP contribution in [0.5, 0.6) is 0 Å². The summed E-state index contributed by atoms with van der Waals surface area (Å²) in [5.74, 6) is 0. The van der Waals surface area contributed by atoms with Crippen LogP contribution in [0.2, 0.25) is 0 Å². The second-order valence-electron chi connectivity index (χ2n) is 3.91. The number of rotatable bonds is 2. The normalized spacial score (nSPS) is 13.2. The molecule has 2 aromatic carbocycles. The van der Waals surface area contributed by atoms with Crippen molar-refractivity contribution in [3.8, 4) is 0 Å². The van der Waals surface area contributed by atoms with Gasteiger partial charge in [-0.15, -0.1) is 0 Å². The molecule has 5 heteroatoms. The Balaban J connectivity index is 2.08. The zero-order valence-electron chi connectivity index (χ0n) is 9.78. The smallest absolute Gasteiger partial charge is 0.258 e. The third-order valence-corrected chi connectivity index (χ3v) is 5.22. The SMILES string of the molecule is O=[N+]([O-])C(=C1Sc2ccccc2S1)c1ccccc1. The van der Waals surface area contributed by atoms with Gasteiger partial charge in [0.05, 0.1) is 10.5 Å². The van der Waals surface area contributed by atoms with Gasteiger partial charge in [-0.3, -0.25) is 10.1 Å². The van der Waals surface area contributed by atoms with Crippen LogP contribution in [-0.4, -0.2) is 4.92 Å². The molecule has 2 aromatic rings. The standard InChI is InChI=1S/C14H9NO2S2/c16-15(17)13(10-6-2-1-3-7-10)14-18-11-8-4-5-9-12(11)19-14/h1-9H. The molecular formula is C14H9NO2S2. The lowest BCUT2D eigenvalue weighted by atomic mass is 10.2. The molecule has 1 aliphatic heterocycles. The summed E-state index contributed by atoms with van der Waals surface area (Å²) in [6.07, 6.45) is 0. The molecule has 19 heavy (non-hydrogen) atoms. The lowest BCUT2D eigenvalue weighted by Gasteiger charge is -2.01. The van der Waals surface area contributed by atoms with Crippen molar-refractivity contribution in [3.05, 3.63) is 74.5 Å². The van der Waals surface area contributed by atoms with E-state index in [1.54, 1.807) is 12.1 Å². The average Bonchev–Trinajstić information content (AvgIpc) is 2.82. The topological polar surface area (TPSA) is 43.1 Å². The van der Waals surface area contributed by atoms with Gasteiger partial charge in [-0.05, 0) is 24.3 Å². The summed E-state index contributed by atoms with van der Waals surface area (Å²) < 4.78 is 0.734. The Morgan fingerprint density at radius 1 is 0.895 bits per heavy atom. The van der Waals surface area contributed by atoms with Crippen molar-refractivity contribution in [1.82, 2.24) is 0 Å². The van der Waals surface area contributed by atoms with Gasteiger partial charge in [0.15, 0.2) is 0 Å². The van der Waals surface area contributed by atoms with Crippen LogP contribution < -0.4 is 0 Å². The fourth-order valence-corrected chi connectivity index (χ4v) is 4.39. The summed E-state index contributed by atoms with van der Waals surface area (Å²) in [6, 6.07) is 16.9. The molecular weight excluding hydrogens is 278 g/mol. The van der Waals surface area contributed by atoms with E-state index in [2.05, 4.69) is 0 Å². The van der Waals surface area contributed by atoms with Crippen LogP contribution in [0.3, 0.4) is 0 Å². The molecule has 0 radical (unpaired) electrons. The van der Waals surface area contributed by atoms with Crippen molar-refractivity contribution in [2.75, 3.05) is 0 Å². The van der Waals surface area contributed by atoms with E-state index in [0.717, 1.165) is 14.0 Å². The predicted octanol–water partition coefficient (Wildman–Crippen LogP) is 4.49. The molecule has 0 unspecified atom stereocenters. The van der Waals surface area contributed by atoms with E-state index >= 15 is 0 Å². The molecule has 0 N–H and O–H groups in total. The Bertz CT molecular complexity index is 641. The van der Waals surface area contributed by atoms with Crippen LogP contribution in [0, 0.1) is 10.1 Å². The molecule has 0 spiro atoms. The Kier molecular flexibility index (Phi) is 3.31. The van der Waals surface area contributed by atoms with Crippen LogP contribution in [0.25, 0.3) is 5.70 Å². The largest absolute Gasteiger partial charge is 0.297 e. The first-order valence-electron chi connectivity index (χ1n) is 5.64. The number of thioether (sulfide) groups is 2. The molecule has 0 amide bonds. The number of nitrogens with zero attached hydrogens (tertiary/aromatic N) is 1. The minimum atomic E-state index is -0.295. The first kappa shape index (κ1) is 12.3. The van der Waals surface area contributed by atoms with Gasteiger partial charge >= 0.3 is 0 Å². The fourth-order valence-electron chi connectivity index (χ4n) is 1.83. The van der Waals surface area contributed by atoms with Gasteiger partial charge < -0.3 is 0 Å². The van der Waals surface area contributed by atoms with Crippen LogP contribution in [0.1, 0.15) is 5.56 Å². The molecule has 0 bridgehead atoms. The molecule has 3 rings (SSSR count). The van der Waals surface area contributed by atoms with E-state index in [-0.39, 0.29) is 10.6 Å². The van der Waals surface area contributed by atoms with Crippen molar-refractivity contribution in [3.63, 3.8) is 0 Å². The zero-order chi connectivity index (χ0) is 13.2. The van der Waals surface area contributed by atoms with E-state index in [1.807, 2.05) is 42.5 Å². The van der Waals surface area contributed by atoms with Crippen molar-refractivity contribution in [2.24, 2.45) is 0 Å². The summed E-state index contributed by atoms with van der Waals surface area (Å²) in [5, 5.41) is 11.4. The van der Waals surface area contributed by atoms with Gasteiger partial charge in [0.25, 0.3) is 5.70 Å². The van der Waals surface area contributed by atoms with Crippen LogP contribution in [-0.2, 0) is 0 Å². The summed E-state index contributed by atoms with van der Waals surface area (Å²) in [5.41, 5.74) is 0.835. The first-order valence-corrected chi connectivity index (χ1v) is 7.28. The van der Waals surface area contributed by atoms with Crippen molar-refractivity contribution < 1.29 is 4.92 Å². The van der Waals surface area contributed by atoms with Crippen LogP contribution in [0.4, 0.5) is 0 Å². The number of fused-ring (bicyclic) bond motifs is 1. The molecule has 0 saturated heterocycles. The van der Waals surface area contributed by atoms with E-state index in [0.29, 0.717) is 5.56 Å². The Labute approximate surface area is 118 Å². The predicted molar refractivity (Wildman–Crippen MR) is 78.5 cm³/mol. The van der Waals surface area contributed by atoms with Gasteiger partial charge in [0.1, 0.15) is 4.24 Å². The minimum absolute atomic E-state index is 0.187. The number of benzene rings is 2. The fraction of sp³-hybridized carbons (Fsp3) is 0. The average molecular weight is 287 g/mol. The molecule has 3 nitrogen and oxygen atoms in total. The Morgan fingerprint density at radius 2 is 1.42 bits per heavy atom. The molecule has 1 heterocycles. The maximum absolute atomic E-state index is 11.4. The third kappa shape index (κ3) is 2.39. The second-order valence-corrected chi connectivity index (χ2v) is 6.27. The molecule has 0 fully saturated rings. The Hall–Kier alpha value is -1.72. The van der Waals surface area contributed by atoms with E-state index in [9.17, 15) is 10.1 Å². The number of hydrogen-bond donors (Lipinski definition) is 0. The van der Waals surface area contributed by atoms with Crippen molar-refractivity contribution >= 4 is 29.2 Å². The van der Waals surface area contributed by atoms with E-state index in [4.69, 9.17) is 0 Å². The van der Waals surface area contributed by atoms with Gasteiger partial charge in [0.2, 0.25) is 0 Å². The summed E-state index contributed by atoms with van der Waals surface area (Å²) in [4.78, 5) is 13.2. The molecule has 0 aromatic heterocycles. The molecule has 0 atom stereocenters. The molecule has 1 aliphatic rings. The highest BCUT2D eigenvalue weighted by Crippen LogP contribution is 2.53. The van der Waals surface area contributed by atoms with Gasteiger partial charge in [-0.2, -0.15) is 0 Å². The Morgan fingerprint density at radius 3 is 1.95 bits per heavy atom. The van der Waals surface area contributed by atoms with Gasteiger partial charge in [0, 0.05) is 9.79 Å². The lowest BCUT2D eigenvalue weighted by Crippen LogP contribution is -1.99. The van der Waals surface area contributed by atoms with Crippen LogP contribution >= 0.6 is 23.5 Å². The highest BCUT2D eigenvalue weighted by Gasteiger charge is 2.28. The van der Waals surface area contributed by atoms with Crippen LogP contribution in [0.15, 0.2) is 68.6 Å². The van der Waals surface area contributed by atoms with Gasteiger partial charge in [-0.1, -0.05) is 53.9 Å². The van der Waals surface area contributed by atoms with Crippen molar-refractivity contribution in [1.29, 1.82) is 0 Å². The lowest BCUT2D eigenvalue weighted by molar-refractivity contribution is -0.375. The highest BCUT2D eigenvalue weighted by molar-refractivity contribution is 8.25. The highest BCUT2D eigenvalue weighted by atomic mass is 32.2. The zero-order valence-corrected chi connectivity index (χ0v) is 11.4. The summed E-state index contributed by atoms with van der Waals surface area (Å²) in [6.45, 7) is 0. The quantitative estimate of drug-likeness (QED) is 0.603. The second kappa shape index (κ2) is 5.11. The van der Waals surface area contributed by atoms with E-state index < -0.39 is 0 Å². The third-order valence-electron chi connectivity index (χ3n) is 2.68. The minimum Gasteiger partial charge on any atom is -0.258 e. The van der Waals surface area contributed by atoms with E-state index in [1.165, 1.54) is 23.5 Å². The van der Waals surface area contributed by atoms with Crippen molar-refractivity contribution in [2.45, 2.75) is 9.79 Å². The molecule has 0 aliphatic carbocycles.